The van der Waals surface area contributed by atoms with Crippen molar-refractivity contribution in [2.75, 3.05) is 0 Å². The first-order valence-corrected chi connectivity index (χ1v) is 16.8. The monoisotopic (exact) mass is 610 g/mol. The van der Waals surface area contributed by atoms with Gasteiger partial charge in [-0.25, -0.2) is 0 Å². The van der Waals surface area contributed by atoms with Crippen molar-refractivity contribution < 1.29 is 0 Å². The summed E-state index contributed by atoms with van der Waals surface area (Å²) in [6, 6.07) is 31.0. The average molecular weight is 611 g/mol. The Balaban J connectivity index is 1.92. The standard InChI is InChI=1S/C47H46/c1-7-17-36(11-5)37-23-16-24-44(42-27-25-38-19-12-14-21-40(38)32-42)47(31-34(6)35(9-3)10-4)46(18-8-2)45(30-29-37)43-28-26-39-20-13-15-22-41(39)33-43/h8-23,25-29,31-33H,3,5,7,24,30H2,1-2,4,6H3/b18-8-,23-16-,34-31+,35-10+,36-17+,37-29+,46-45+,47-44+. The Bertz CT molecular complexity index is 2060. The third-order valence-corrected chi connectivity index (χ3v) is 8.94. The summed E-state index contributed by atoms with van der Waals surface area (Å²) in [6.07, 6.45) is 24.7. The Hall–Kier alpha value is -5.20. The summed E-state index contributed by atoms with van der Waals surface area (Å²) < 4.78 is 0. The minimum absolute atomic E-state index is 0.770. The molecule has 47 heavy (non-hydrogen) atoms. The van der Waals surface area contributed by atoms with Crippen molar-refractivity contribution in [3.63, 3.8) is 0 Å². The molecular formula is C47H46. The van der Waals surface area contributed by atoms with Gasteiger partial charge in [0.15, 0.2) is 0 Å². The quantitative estimate of drug-likeness (QED) is 0.165. The average Bonchev–Trinajstić information content (AvgIpc) is 3.10. The van der Waals surface area contributed by atoms with E-state index in [4.69, 9.17) is 0 Å². The molecule has 0 N–H and O–H groups in total. The van der Waals surface area contributed by atoms with Crippen molar-refractivity contribution in [1.29, 1.82) is 0 Å². The van der Waals surface area contributed by atoms with Crippen molar-refractivity contribution in [2.24, 2.45) is 0 Å². The van der Waals surface area contributed by atoms with Crippen molar-refractivity contribution >= 4 is 32.7 Å². The second-order valence-corrected chi connectivity index (χ2v) is 11.9. The SMILES string of the molecule is C=CC(=C\C)/C(C)=C/C1=C(\c2ccc3ccccc3c2)C\C=C/C(C(/C=C)=C/CC)=C\C/C(c2ccc3ccccc3c2)=C1/C=C\C. The van der Waals surface area contributed by atoms with E-state index in [1.165, 1.54) is 71.7 Å². The molecule has 0 spiro atoms. The van der Waals surface area contributed by atoms with Crippen LogP contribution in [0.3, 0.4) is 0 Å². The lowest BCUT2D eigenvalue weighted by molar-refractivity contribution is 1.20. The molecule has 4 aromatic carbocycles. The van der Waals surface area contributed by atoms with E-state index in [1.54, 1.807) is 0 Å². The van der Waals surface area contributed by atoms with E-state index in [1.807, 2.05) is 12.2 Å². The van der Waals surface area contributed by atoms with Crippen molar-refractivity contribution in [3.8, 4) is 0 Å². The van der Waals surface area contributed by atoms with E-state index in [9.17, 15) is 0 Å². The normalized spacial score (nSPS) is 20.3. The van der Waals surface area contributed by atoms with Crippen molar-refractivity contribution in [3.05, 3.63) is 203 Å². The summed E-state index contributed by atoms with van der Waals surface area (Å²) in [7, 11) is 0. The third kappa shape index (κ3) is 7.62. The van der Waals surface area contributed by atoms with Crippen LogP contribution in [-0.2, 0) is 0 Å². The lowest BCUT2D eigenvalue weighted by Gasteiger charge is -2.21. The first kappa shape index (κ1) is 33.2. The molecule has 0 bridgehead atoms. The molecule has 0 nitrogen and oxygen atoms in total. The van der Waals surface area contributed by atoms with E-state index in [-0.39, 0.29) is 0 Å². The third-order valence-electron chi connectivity index (χ3n) is 8.94. The molecule has 0 radical (unpaired) electrons. The minimum atomic E-state index is 0.770. The van der Waals surface area contributed by atoms with Crippen LogP contribution < -0.4 is 0 Å². The van der Waals surface area contributed by atoms with Gasteiger partial charge in [-0.1, -0.05) is 154 Å². The van der Waals surface area contributed by atoms with Gasteiger partial charge in [-0.15, -0.1) is 0 Å². The Morgan fingerprint density at radius 2 is 1.32 bits per heavy atom. The smallest absolute Gasteiger partial charge is 0.00761 e. The van der Waals surface area contributed by atoms with E-state index in [0.29, 0.717) is 0 Å². The molecule has 1 aliphatic carbocycles. The summed E-state index contributed by atoms with van der Waals surface area (Å²) in [5.41, 5.74) is 12.2. The lowest BCUT2D eigenvalue weighted by atomic mass is 9.83. The van der Waals surface area contributed by atoms with Gasteiger partial charge in [-0.05, 0) is 129 Å². The van der Waals surface area contributed by atoms with Gasteiger partial charge in [0.25, 0.3) is 0 Å². The largest absolute Gasteiger partial charge is 0.0985 e. The number of hydrogen-bond acceptors (Lipinski definition) is 0. The predicted molar refractivity (Wildman–Crippen MR) is 209 cm³/mol. The molecule has 1 aliphatic rings. The maximum atomic E-state index is 4.18. The Labute approximate surface area is 282 Å². The summed E-state index contributed by atoms with van der Waals surface area (Å²) in [6.45, 7) is 16.9. The first-order chi connectivity index (χ1) is 23.0. The molecule has 0 heteroatoms. The van der Waals surface area contributed by atoms with E-state index >= 15 is 0 Å². The van der Waals surface area contributed by atoms with Crippen LogP contribution in [0, 0.1) is 0 Å². The summed E-state index contributed by atoms with van der Waals surface area (Å²) in [5, 5.41) is 4.97. The number of benzene rings is 4. The van der Waals surface area contributed by atoms with Crippen LogP contribution in [0.15, 0.2) is 192 Å². The molecule has 0 aromatic heterocycles. The maximum absolute atomic E-state index is 4.18. The molecular weight excluding hydrogens is 565 g/mol. The summed E-state index contributed by atoms with van der Waals surface area (Å²) in [5.74, 6) is 0. The lowest BCUT2D eigenvalue weighted by Crippen LogP contribution is -2.01. The summed E-state index contributed by atoms with van der Waals surface area (Å²) in [4.78, 5) is 0. The highest BCUT2D eigenvalue weighted by Crippen LogP contribution is 2.39. The zero-order chi connectivity index (χ0) is 33.2. The van der Waals surface area contributed by atoms with Gasteiger partial charge in [-0.3, -0.25) is 0 Å². The van der Waals surface area contributed by atoms with E-state index in [2.05, 4.69) is 174 Å². The van der Waals surface area contributed by atoms with E-state index < -0.39 is 0 Å². The zero-order valence-corrected chi connectivity index (χ0v) is 28.4. The topological polar surface area (TPSA) is 0 Å². The van der Waals surface area contributed by atoms with Gasteiger partial charge in [0.1, 0.15) is 0 Å². The van der Waals surface area contributed by atoms with Gasteiger partial charge >= 0.3 is 0 Å². The Morgan fingerprint density at radius 3 is 1.85 bits per heavy atom. The molecule has 5 rings (SSSR count). The van der Waals surface area contributed by atoms with Crippen LogP contribution in [0.4, 0.5) is 0 Å². The fourth-order valence-corrected chi connectivity index (χ4v) is 6.51. The van der Waals surface area contributed by atoms with Gasteiger partial charge in [0.05, 0.1) is 0 Å². The molecule has 0 unspecified atom stereocenters. The molecule has 0 heterocycles. The number of allylic oxidation sites excluding steroid dienone is 18. The van der Waals surface area contributed by atoms with Crippen LogP contribution in [0.2, 0.25) is 0 Å². The van der Waals surface area contributed by atoms with Crippen molar-refractivity contribution in [1.82, 2.24) is 0 Å². The summed E-state index contributed by atoms with van der Waals surface area (Å²) >= 11 is 0. The minimum Gasteiger partial charge on any atom is -0.0985 e. The van der Waals surface area contributed by atoms with Gasteiger partial charge < -0.3 is 0 Å². The number of fused-ring (bicyclic) bond motifs is 2. The second-order valence-electron chi connectivity index (χ2n) is 11.9. The van der Waals surface area contributed by atoms with Crippen molar-refractivity contribution in [2.45, 2.75) is 47.0 Å². The Morgan fingerprint density at radius 1 is 0.723 bits per heavy atom. The molecule has 0 atom stereocenters. The van der Waals surface area contributed by atoms with Gasteiger partial charge in [0, 0.05) is 0 Å². The molecule has 0 amide bonds. The van der Waals surface area contributed by atoms with Gasteiger partial charge in [0.2, 0.25) is 0 Å². The number of rotatable bonds is 9. The van der Waals surface area contributed by atoms with Crippen LogP contribution in [0.25, 0.3) is 32.7 Å². The molecule has 0 aliphatic heterocycles. The zero-order valence-electron chi connectivity index (χ0n) is 28.4. The fourth-order valence-electron chi connectivity index (χ4n) is 6.51. The molecule has 0 saturated carbocycles. The second kappa shape index (κ2) is 15.9. The van der Waals surface area contributed by atoms with Crippen LogP contribution in [-0.4, -0.2) is 0 Å². The van der Waals surface area contributed by atoms with E-state index in [0.717, 1.165) is 24.8 Å². The highest BCUT2D eigenvalue weighted by molar-refractivity contribution is 5.92. The fraction of sp³-hybridized carbons (Fsp3) is 0.149. The Kier molecular flexibility index (Phi) is 11.2. The molecule has 4 aromatic rings. The highest BCUT2D eigenvalue weighted by Gasteiger charge is 2.18. The van der Waals surface area contributed by atoms with Crippen LogP contribution in [0.5, 0.6) is 0 Å². The van der Waals surface area contributed by atoms with Crippen LogP contribution in [0.1, 0.15) is 58.1 Å². The van der Waals surface area contributed by atoms with Crippen LogP contribution >= 0.6 is 0 Å². The molecule has 0 fully saturated rings. The highest BCUT2D eigenvalue weighted by atomic mass is 14.2. The first-order valence-electron chi connectivity index (χ1n) is 16.8. The van der Waals surface area contributed by atoms with Gasteiger partial charge in [-0.2, -0.15) is 0 Å². The maximum Gasteiger partial charge on any atom is -0.00761 e. The molecule has 234 valence electrons. The number of hydrogen-bond donors (Lipinski definition) is 0. The molecule has 0 saturated heterocycles. The predicted octanol–water partition coefficient (Wildman–Crippen LogP) is 13.7.